The maximum atomic E-state index is 5.72. The number of nitrogens with one attached hydrogen (secondary N) is 3. The summed E-state index contributed by atoms with van der Waals surface area (Å²) in [7, 11) is 0. The Bertz CT molecular complexity index is 181. The summed E-state index contributed by atoms with van der Waals surface area (Å²) >= 11 is 0. The van der Waals surface area contributed by atoms with Gasteiger partial charge in [0.2, 0.25) is 0 Å². The lowest BCUT2D eigenvalue weighted by Gasteiger charge is -2.18. The fourth-order valence-electron chi connectivity index (χ4n) is 1.48. The maximum absolute atomic E-state index is 5.72. The molecule has 1 saturated heterocycles. The molecule has 0 saturated carbocycles. The first-order chi connectivity index (χ1) is 9.39. The van der Waals surface area contributed by atoms with E-state index in [4.69, 9.17) is 20.1 Å². The Morgan fingerprint density at radius 2 is 1.32 bits per heavy atom. The third-order valence-electron chi connectivity index (χ3n) is 2.54. The highest BCUT2D eigenvalue weighted by Crippen LogP contribution is 1.79. The molecule has 8 heteroatoms. The van der Waals surface area contributed by atoms with Gasteiger partial charge in [-0.2, -0.15) is 5.12 Å². The first kappa shape index (κ1) is 16.7. The van der Waals surface area contributed by atoms with Crippen LogP contribution in [0.3, 0.4) is 0 Å². The van der Waals surface area contributed by atoms with Crippen molar-refractivity contribution in [2.24, 2.45) is 5.84 Å². The molecule has 0 aromatic rings. The van der Waals surface area contributed by atoms with Gasteiger partial charge >= 0.3 is 0 Å². The average Bonchev–Trinajstić information content (AvgIpc) is 2.41. The van der Waals surface area contributed by atoms with E-state index in [1.165, 1.54) is 5.12 Å². The topological polar surface area (TPSA) is 93.0 Å². The predicted octanol–water partition coefficient (Wildman–Crippen LogP) is -2.13. The van der Waals surface area contributed by atoms with Crippen LogP contribution in [0.1, 0.15) is 0 Å². The summed E-state index contributed by atoms with van der Waals surface area (Å²) in [6, 6.07) is 0. The van der Waals surface area contributed by atoms with Crippen molar-refractivity contribution in [3.63, 3.8) is 0 Å². The molecule has 5 N–H and O–H groups in total. The van der Waals surface area contributed by atoms with Gasteiger partial charge in [-0.05, 0) is 0 Å². The second kappa shape index (κ2) is 12.7. The van der Waals surface area contributed by atoms with Crippen molar-refractivity contribution in [2.45, 2.75) is 0 Å². The van der Waals surface area contributed by atoms with Crippen LogP contribution >= 0.6 is 0 Å². The zero-order valence-corrected chi connectivity index (χ0v) is 11.5. The monoisotopic (exact) mass is 277 g/mol. The second-order valence-electron chi connectivity index (χ2n) is 4.13. The molecular formula is C11H27N5O3. The minimum absolute atomic E-state index is 0.414. The maximum Gasteiger partial charge on any atom is 0.110 e. The lowest BCUT2D eigenvalue weighted by atomic mass is 10.6. The molecule has 1 aliphatic rings. The molecule has 0 spiro atoms. The van der Waals surface area contributed by atoms with Gasteiger partial charge in [-0.3, -0.25) is 5.84 Å². The molecule has 0 unspecified atom stereocenters. The fraction of sp³-hybridized carbons (Fsp3) is 1.00. The molecule has 0 atom stereocenters. The summed E-state index contributed by atoms with van der Waals surface area (Å²) in [5.41, 5.74) is 2.95. The predicted molar refractivity (Wildman–Crippen MR) is 72.2 cm³/mol. The number of hydrogen-bond acceptors (Lipinski definition) is 8. The molecule has 1 rings (SSSR count). The third-order valence-corrected chi connectivity index (χ3v) is 2.54. The Morgan fingerprint density at radius 3 is 2.00 bits per heavy atom. The van der Waals surface area contributed by atoms with Gasteiger partial charge in [-0.15, -0.1) is 0 Å². The molecule has 19 heavy (non-hydrogen) atoms. The Hall–Kier alpha value is -0.320. The van der Waals surface area contributed by atoms with Crippen molar-refractivity contribution in [3.8, 4) is 0 Å². The smallest absolute Gasteiger partial charge is 0.110 e. The van der Waals surface area contributed by atoms with Crippen LogP contribution in [0.25, 0.3) is 0 Å². The first-order valence-corrected chi connectivity index (χ1v) is 6.80. The van der Waals surface area contributed by atoms with Crippen LogP contribution in [-0.4, -0.2) is 77.6 Å². The summed E-state index contributed by atoms with van der Waals surface area (Å²) in [6.45, 7) is 7.63. The summed E-state index contributed by atoms with van der Waals surface area (Å²) < 4.78 is 16.2. The third kappa shape index (κ3) is 11.2. The Morgan fingerprint density at radius 1 is 0.737 bits per heavy atom. The molecule has 1 heterocycles. The van der Waals surface area contributed by atoms with E-state index in [-0.39, 0.29) is 0 Å². The highest BCUT2D eigenvalue weighted by molar-refractivity contribution is 4.50. The number of rotatable bonds is 0. The van der Waals surface area contributed by atoms with Gasteiger partial charge in [0.05, 0.1) is 33.0 Å². The Balaban J connectivity index is 2.08. The number of hydrazine groups is 2. The van der Waals surface area contributed by atoms with Crippen LogP contribution < -0.4 is 21.9 Å². The minimum Gasteiger partial charge on any atom is -0.378 e. The van der Waals surface area contributed by atoms with Gasteiger partial charge in [0.25, 0.3) is 0 Å². The lowest BCUT2D eigenvalue weighted by molar-refractivity contribution is 0.0392. The van der Waals surface area contributed by atoms with Gasteiger partial charge in [-0.1, -0.05) is 0 Å². The van der Waals surface area contributed by atoms with Crippen molar-refractivity contribution in [2.75, 3.05) is 72.5 Å². The number of nitrogens with zero attached hydrogens (tertiary/aromatic N) is 1. The van der Waals surface area contributed by atoms with Crippen molar-refractivity contribution < 1.29 is 14.2 Å². The van der Waals surface area contributed by atoms with Crippen LogP contribution in [0.2, 0.25) is 0 Å². The van der Waals surface area contributed by atoms with Crippen LogP contribution in [-0.2, 0) is 14.2 Å². The van der Waals surface area contributed by atoms with Crippen molar-refractivity contribution in [3.05, 3.63) is 0 Å². The van der Waals surface area contributed by atoms with Gasteiger partial charge in [0, 0.05) is 32.7 Å². The molecule has 0 amide bonds. The molecule has 0 radical (unpaired) electrons. The molecule has 1 fully saturated rings. The van der Waals surface area contributed by atoms with E-state index < -0.39 is 0 Å². The summed E-state index contributed by atoms with van der Waals surface area (Å²) in [6.07, 6.45) is 0. The molecule has 0 bridgehead atoms. The second-order valence-corrected chi connectivity index (χ2v) is 4.13. The fourth-order valence-corrected chi connectivity index (χ4v) is 1.48. The number of nitrogens with two attached hydrogens (primary N) is 1. The van der Waals surface area contributed by atoms with Gasteiger partial charge in [0.1, 0.15) is 6.73 Å². The zero-order chi connectivity index (χ0) is 13.6. The molecule has 114 valence electrons. The summed E-state index contributed by atoms with van der Waals surface area (Å²) in [4.78, 5) is 0. The average molecular weight is 277 g/mol. The quantitative estimate of drug-likeness (QED) is 0.373. The standard InChI is InChI=1S/C11H27N5O3/c12-16-5-1-13-2-6-17-9-10-18-7-3-14-4-8-19-11-15-16/h13-15H,1-12H2. The lowest BCUT2D eigenvalue weighted by Crippen LogP contribution is -2.48. The van der Waals surface area contributed by atoms with Crippen LogP contribution in [0.5, 0.6) is 0 Å². The van der Waals surface area contributed by atoms with Crippen LogP contribution in [0.15, 0.2) is 0 Å². The van der Waals surface area contributed by atoms with E-state index in [9.17, 15) is 0 Å². The SMILES string of the molecule is NN1CCNCCOCCOCCNCCOCN1. The highest BCUT2D eigenvalue weighted by Gasteiger charge is 1.98. The van der Waals surface area contributed by atoms with E-state index in [2.05, 4.69) is 16.1 Å². The van der Waals surface area contributed by atoms with Crippen molar-refractivity contribution >= 4 is 0 Å². The van der Waals surface area contributed by atoms with Gasteiger partial charge < -0.3 is 24.8 Å². The summed E-state index contributed by atoms with van der Waals surface area (Å²) in [5, 5.41) is 7.99. The van der Waals surface area contributed by atoms with Crippen LogP contribution in [0.4, 0.5) is 0 Å². The summed E-state index contributed by atoms with van der Waals surface area (Å²) in [5.74, 6) is 5.72. The molecule has 0 aromatic heterocycles. The first-order valence-electron chi connectivity index (χ1n) is 6.80. The number of hydrogen-bond donors (Lipinski definition) is 4. The van der Waals surface area contributed by atoms with E-state index in [0.717, 1.165) is 26.2 Å². The van der Waals surface area contributed by atoms with Crippen molar-refractivity contribution in [1.82, 2.24) is 21.2 Å². The molecule has 0 aromatic carbocycles. The Kier molecular flexibility index (Phi) is 11.2. The van der Waals surface area contributed by atoms with Gasteiger partial charge in [-0.25, -0.2) is 5.43 Å². The molecular weight excluding hydrogens is 250 g/mol. The molecule has 0 aliphatic carbocycles. The van der Waals surface area contributed by atoms with Crippen LogP contribution in [0, 0.1) is 0 Å². The van der Waals surface area contributed by atoms with E-state index >= 15 is 0 Å². The van der Waals surface area contributed by atoms with E-state index in [0.29, 0.717) is 46.3 Å². The Labute approximate surface area is 114 Å². The van der Waals surface area contributed by atoms with E-state index in [1.54, 1.807) is 0 Å². The zero-order valence-electron chi connectivity index (χ0n) is 11.5. The highest BCUT2D eigenvalue weighted by atomic mass is 16.5. The van der Waals surface area contributed by atoms with Crippen molar-refractivity contribution in [1.29, 1.82) is 0 Å². The number of ether oxygens (including phenoxy) is 3. The largest absolute Gasteiger partial charge is 0.378 e. The molecule has 8 nitrogen and oxygen atoms in total. The molecule has 1 aliphatic heterocycles. The van der Waals surface area contributed by atoms with E-state index in [1.807, 2.05) is 0 Å². The minimum atomic E-state index is 0.414. The normalized spacial score (nSPS) is 24.5. The van der Waals surface area contributed by atoms with Gasteiger partial charge in [0.15, 0.2) is 0 Å².